The summed E-state index contributed by atoms with van der Waals surface area (Å²) in [6.07, 6.45) is 9.01. The number of carbonyl (C=O) groups excluding carboxylic acids is 1. The highest BCUT2D eigenvalue weighted by Crippen LogP contribution is 2.16. The van der Waals surface area contributed by atoms with Crippen LogP contribution in [0.25, 0.3) is 0 Å². The van der Waals surface area contributed by atoms with Crippen molar-refractivity contribution in [1.82, 2.24) is 0 Å². The first-order valence-electron chi connectivity index (χ1n) is 7.67. The van der Waals surface area contributed by atoms with Gasteiger partial charge in [0, 0.05) is 29.8 Å². The third-order valence-corrected chi connectivity index (χ3v) is 4.75. The fourth-order valence-corrected chi connectivity index (χ4v) is 3.44. The lowest BCUT2D eigenvalue weighted by Gasteiger charge is -1.96. The maximum absolute atomic E-state index is 11.1. The molecular formula is C18H18N4O2S+2. The Morgan fingerprint density at radius 3 is 2.00 bits per heavy atom. The molecular weight excluding hydrogens is 336 g/mol. The molecule has 25 heavy (non-hydrogen) atoms. The molecule has 0 saturated carbocycles. The van der Waals surface area contributed by atoms with Crippen LogP contribution in [0.1, 0.15) is 25.7 Å². The van der Waals surface area contributed by atoms with Gasteiger partial charge < -0.3 is 10.9 Å². The molecule has 0 unspecified atom stereocenters. The molecule has 3 heterocycles. The monoisotopic (exact) mass is 354 g/mol. The molecule has 0 atom stereocenters. The van der Waals surface area contributed by atoms with E-state index in [0.29, 0.717) is 5.56 Å². The Hall–Kier alpha value is -3.06. The summed E-state index contributed by atoms with van der Waals surface area (Å²) in [5.41, 5.74) is 6.61. The van der Waals surface area contributed by atoms with E-state index in [1.165, 1.54) is 16.0 Å². The zero-order valence-corrected chi connectivity index (χ0v) is 14.3. The first-order chi connectivity index (χ1) is 12.1. The van der Waals surface area contributed by atoms with Crippen LogP contribution in [-0.2, 0) is 13.1 Å². The van der Waals surface area contributed by atoms with Crippen LogP contribution in [0.4, 0.5) is 0 Å². The van der Waals surface area contributed by atoms with Gasteiger partial charge in [0.15, 0.2) is 37.9 Å². The topological polar surface area (TPSA) is 83.4 Å². The van der Waals surface area contributed by atoms with Gasteiger partial charge in [0.2, 0.25) is 5.91 Å². The number of thiophene rings is 1. The average Bonchev–Trinajstić information content (AvgIpc) is 3.04. The van der Waals surface area contributed by atoms with E-state index < -0.39 is 5.91 Å². The van der Waals surface area contributed by atoms with Crippen molar-refractivity contribution in [3.05, 3.63) is 82.1 Å². The molecule has 6 nitrogen and oxygen atoms in total. The number of carbonyl (C=O) groups is 1. The second-order valence-electron chi connectivity index (χ2n) is 5.54. The van der Waals surface area contributed by atoms with Crippen molar-refractivity contribution in [1.29, 1.82) is 0 Å². The van der Waals surface area contributed by atoms with Crippen LogP contribution >= 0.6 is 11.3 Å². The minimum Gasteiger partial charge on any atom is -0.411 e. The van der Waals surface area contributed by atoms with Crippen molar-refractivity contribution in [2.75, 3.05) is 0 Å². The van der Waals surface area contributed by atoms with E-state index in [9.17, 15) is 4.79 Å². The number of primary amides is 1. The number of oxime groups is 1. The third kappa shape index (κ3) is 4.48. The number of hydrogen-bond acceptors (Lipinski definition) is 4. The van der Waals surface area contributed by atoms with Gasteiger partial charge in [-0.1, -0.05) is 5.16 Å². The quantitative estimate of drug-likeness (QED) is 0.303. The van der Waals surface area contributed by atoms with Gasteiger partial charge in [0.05, 0.1) is 21.5 Å². The average molecular weight is 354 g/mol. The molecule has 0 bridgehead atoms. The minimum absolute atomic E-state index is 0.418. The van der Waals surface area contributed by atoms with E-state index in [-0.39, 0.29) is 0 Å². The van der Waals surface area contributed by atoms with Crippen LogP contribution in [0, 0.1) is 0 Å². The molecule has 0 spiro atoms. The van der Waals surface area contributed by atoms with E-state index in [4.69, 9.17) is 10.9 Å². The lowest BCUT2D eigenvalue weighted by Crippen LogP contribution is -2.33. The summed E-state index contributed by atoms with van der Waals surface area (Å²) in [5, 5.41) is 11.5. The van der Waals surface area contributed by atoms with Crippen LogP contribution in [0.5, 0.6) is 0 Å². The maximum Gasteiger partial charge on any atom is 0.249 e. The standard InChI is InChI=1S/C18H16N4O2S/c19-18(23)15-5-9-22(10-6-15)13-17-2-1-16(25-17)12-21-7-3-14(4-8-21)11-20-24/h1-11H,12-13H2,(H-,19,23)/p+2. The fraction of sp³-hybridized carbons (Fsp3) is 0.111. The van der Waals surface area contributed by atoms with Crippen molar-refractivity contribution < 1.29 is 19.1 Å². The number of nitrogens with zero attached hydrogens (tertiary/aromatic N) is 3. The molecule has 7 heteroatoms. The summed E-state index contributed by atoms with van der Waals surface area (Å²) in [4.78, 5) is 13.6. The number of amides is 1. The van der Waals surface area contributed by atoms with Crippen molar-refractivity contribution in [3.8, 4) is 0 Å². The Labute approximate surface area is 149 Å². The molecule has 126 valence electrons. The summed E-state index contributed by atoms with van der Waals surface area (Å²) >= 11 is 1.75. The van der Waals surface area contributed by atoms with Gasteiger partial charge in [-0.2, -0.15) is 9.13 Å². The van der Waals surface area contributed by atoms with Gasteiger partial charge in [-0.3, -0.25) is 4.79 Å². The molecule has 0 radical (unpaired) electrons. The first kappa shape index (κ1) is 16.8. The molecule has 0 aliphatic carbocycles. The van der Waals surface area contributed by atoms with Crippen molar-refractivity contribution in [2.24, 2.45) is 10.9 Å². The Morgan fingerprint density at radius 2 is 1.52 bits per heavy atom. The summed E-state index contributed by atoms with van der Waals surface area (Å²) in [5.74, 6) is -0.418. The van der Waals surface area contributed by atoms with Crippen LogP contribution in [0.3, 0.4) is 0 Å². The van der Waals surface area contributed by atoms with Crippen molar-refractivity contribution in [2.45, 2.75) is 13.1 Å². The highest BCUT2D eigenvalue weighted by atomic mass is 32.1. The van der Waals surface area contributed by atoms with Gasteiger partial charge in [-0.25, -0.2) is 0 Å². The molecule has 0 aliphatic rings. The molecule has 0 saturated heterocycles. The molecule has 0 aromatic carbocycles. The van der Waals surface area contributed by atoms with Gasteiger partial charge in [0.1, 0.15) is 0 Å². The van der Waals surface area contributed by atoms with E-state index in [0.717, 1.165) is 18.7 Å². The van der Waals surface area contributed by atoms with Gasteiger partial charge in [-0.05, 0) is 12.1 Å². The molecule has 3 aromatic heterocycles. The molecule has 0 aliphatic heterocycles. The SMILES string of the molecule is NC(=O)c1cc[n+](Cc2ccc(C[n+]3ccc(/C=N/O)cc3)s2)cc1. The Kier molecular flexibility index (Phi) is 5.15. The fourth-order valence-electron chi connectivity index (χ4n) is 2.41. The summed E-state index contributed by atoms with van der Waals surface area (Å²) < 4.78 is 4.08. The number of nitrogens with two attached hydrogens (primary N) is 1. The highest BCUT2D eigenvalue weighted by molar-refractivity contribution is 7.11. The lowest BCUT2D eigenvalue weighted by atomic mass is 10.2. The second-order valence-corrected chi connectivity index (χ2v) is 6.79. The third-order valence-electron chi connectivity index (χ3n) is 3.69. The zero-order valence-electron chi connectivity index (χ0n) is 13.4. The largest absolute Gasteiger partial charge is 0.411 e. The molecule has 3 rings (SSSR count). The van der Waals surface area contributed by atoms with Crippen LogP contribution in [0.15, 0.2) is 66.3 Å². The number of rotatable bonds is 6. The molecule has 3 N–H and O–H groups in total. The molecule has 3 aromatic rings. The Bertz CT molecular complexity index is 886. The maximum atomic E-state index is 11.1. The van der Waals surface area contributed by atoms with Crippen LogP contribution in [0.2, 0.25) is 0 Å². The predicted octanol–water partition coefficient (Wildman–Crippen LogP) is 1.33. The van der Waals surface area contributed by atoms with E-state index in [1.807, 2.05) is 41.5 Å². The van der Waals surface area contributed by atoms with Crippen molar-refractivity contribution in [3.63, 3.8) is 0 Å². The second kappa shape index (κ2) is 7.67. The smallest absolute Gasteiger partial charge is 0.249 e. The first-order valence-corrected chi connectivity index (χ1v) is 8.49. The van der Waals surface area contributed by atoms with Gasteiger partial charge in [-0.15, -0.1) is 11.3 Å². The van der Waals surface area contributed by atoms with E-state index >= 15 is 0 Å². The molecule has 1 amide bonds. The summed E-state index contributed by atoms with van der Waals surface area (Å²) in [6, 6.07) is 11.5. The molecule has 0 fully saturated rings. The van der Waals surface area contributed by atoms with Crippen LogP contribution < -0.4 is 14.9 Å². The number of hydrogen-bond donors (Lipinski definition) is 2. The highest BCUT2D eigenvalue weighted by Gasteiger charge is 2.10. The Morgan fingerprint density at radius 1 is 1.00 bits per heavy atom. The van der Waals surface area contributed by atoms with Gasteiger partial charge in [0.25, 0.3) is 0 Å². The van der Waals surface area contributed by atoms with E-state index in [1.54, 1.807) is 23.5 Å². The summed E-state index contributed by atoms with van der Waals surface area (Å²) in [7, 11) is 0. The Balaban J connectivity index is 1.64. The minimum atomic E-state index is -0.418. The summed E-state index contributed by atoms with van der Waals surface area (Å²) in [6.45, 7) is 1.53. The van der Waals surface area contributed by atoms with E-state index in [2.05, 4.69) is 21.9 Å². The number of aromatic nitrogens is 2. The predicted molar refractivity (Wildman–Crippen MR) is 93.7 cm³/mol. The zero-order chi connectivity index (χ0) is 17.6. The van der Waals surface area contributed by atoms with Gasteiger partial charge >= 0.3 is 0 Å². The number of pyridine rings is 2. The normalized spacial score (nSPS) is 11.0. The van der Waals surface area contributed by atoms with Crippen LogP contribution in [-0.4, -0.2) is 17.3 Å². The lowest BCUT2D eigenvalue weighted by molar-refractivity contribution is -0.688. The van der Waals surface area contributed by atoms with Crippen molar-refractivity contribution >= 4 is 23.5 Å².